The number of rotatable bonds is 3. The SMILES string of the molecule is CCOC(=O)c1nnc(-c2cc(Br)ccc2Cl)o1. The van der Waals surface area contributed by atoms with Gasteiger partial charge in [0.15, 0.2) is 0 Å². The zero-order chi connectivity index (χ0) is 13.1. The Kier molecular flexibility index (Phi) is 3.98. The first-order valence-electron chi connectivity index (χ1n) is 5.08. The van der Waals surface area contributed by atoms with Crippen molar-refractivity contribution in [3.05, 3.63) is 33.6 Å². The van der Waals surface area contributed by atoms with Crippen molar-refractivity contribution in [2.24, 2.45) is 0 Å². The topological polar surface area (TPSA) is 65.2 Å². The molecule has 0 aliphatic carbocycles. The number of hydrogen-bond donors (Lipinski definition) is 0. The minimum Gasteiger partial charge on any atom is -0.459 e. The van der Waals surface area contributed by atoms with Crippen LogP contribution in [0.25, 0.3) is 11.5 Å². The summed E-state index contributed by atoms with van der Waals surface area (Å²) in [5.41, 5.74) is 0.550. The molecule has 2 aromatic rings. The maximum Gasteiger partial charge on any atom is 0.396 e. The number of aromatic nitrogens is 2. The van der Waals surface area contributed by atoms with Gasteiger partial charge in [-0.3, -0.25) is 0 Å². The van der Waals surface area contributed by atoms with Gasteiger partial charge in [-0.05, 0) is 25.1 Å². The minimum atomic E-state index is -0.651. The normalized spacial score (nSPS) is 10.4. The van der Waals surface area contributed by atoms with Crippen LogP contribution in [-0.2, 0) is 4.74 Å². The van der Waals surface area contributed by atoms with Crippen LogP contribution in [0.2, 0.25) is 5.02 Å². The minimum absolute atomic E-state index is 0.171. The Hall–Kier alpha value is -1.40. The zero-order valence-electron chi connectivity index (χ0n) is 9.31. The Labute approximate surface area is 116 Å². The molecule has 0 atom stereocenters. The molecule has 0 saturated carbocycles. The fourth-order valence-corrected chi connectivity index (χ4v) is 1.83. The molecule has 1 aromatic carbocycles. The summed E-state index contributed by atoms with van der Waals surface area (Å²) in [6.45, 7) is 1.94. The van der Waals surface area contributed by atoms with Crippen molar-refractivity contribution >= 4 is 33.5 Å². The standard InChI is InChI=1S/C11H8BrClN2O3/c1-2-17-11(16)10-15-14-9(18-10)7-5-6(12)3-4-8(7)13/h3-5H,2H2,1H3. The van der Waals surface area contributed by atoms with Crippen molar-refractivity contribution < 1.29 is 13.9 Å². The summed E-state index contributed by atoms with van der Waals surface area (Å²) >= 11 is 9.33. The van der Waals surface area contributed by atoms with E-state index < -0.39 is 5.97 Å². The fourth-order valence-electron chi connectivity index (χ4n) is 1.27. The Balaban J connectivity index is 2.35. The van der Waals surface area contributed by atoms with E-state index in [-0.39, 0.29) is 18.4 Å². The zero-order valence-corrected chi connectivity index (χ0v) is 11.7. The smallest absolute Gasteiger partial charge is 0.396 e. The average Bonchev–Trinajstić information content (AvgIpc) is 2.82. The summed E-state index contributed by atoms with van der Waals surface area (Å²) in [5.74, 6) is -0.672. The number of benzene rings is 1. The highest BCUT2D eigenvalue weighted by molar-refractivity contribution is 9.10. The van der Waals surface area contributed by atoms with Crippen LogP contribution in [0.4, 0.5) is 0 Å². The van der Waals surface area contributed by atoms with Gasteiger partial charge < -0.3 is 9.15 Å². The third kappa shape index (κ3) is 2.70. The van der Waals surface area contributed by atoms with Crippen LogP contribution < -0.4 is 0 Å². The first kappa shape index (κ1) is 13.0. The van der Waals surface area contributed by atoms with E-state index in [9.17, 15) is 4.79 Å². The maximum atomic E-state index is 11.4. The second-order valence-electron chi connectivity index (χ2n) is 3.26. The molecule has 18 heavy (non-hydrogen) atoms. The molecule has 0 spiro atoms. The van der Waals surface area contributed by atoms with Gasteiger partial charge in [-0.1, -0.05) is 27.5 Å². The number of hydrogen-bond acceptors (Lipinski definition) is 5. The molecule has 0 radical (unpaired) electrons. The van der Waals surface area contributed by atoms with Crippen LogP contribution in [-0.4, -0.2) is 22.8 Å². The van der Waals surface area contributed by atoms with Crippen molar-refractivity contribution in [1.82, 2.24) is 10.2 Å². The van der Waals surface area contributed by atoms with Gasteiger partial charge in [-0.25, -0.2) is 4.79 Å². The molecule has 0 saturated heterocycles. The number of carbonyl (C=O) groups is 1. The first-order chi connectivity index (χ1) is 8.61. The molecule has 1 heterocycles. The van der Waals surface area contributed by atoms with E-state index >= 15 is 0 Å². The average molecular weight is 332 g/mol. The number of carbonyl (C=O) groups excluding carboxylic acids is 1. The van der Waals surface area contributed by atoms with Crippen molar-refractivity contribution in [2.45, 2.75) is 6.92 Å². The summed E-state index contributed by atoms with van der Waals surface area (Å²) in [4.78, 5) is 11.4. The molecule has 0 aliphatic rings. The van der Waals surface area contributed by atoms with Gasteiger partial charge in [-0.2, -0.15) is 0 Å². The van der Waals surface area contributed by atoms with E-state index in [1.165, 1.54) is 0 Å². The monoisotopic (exact) mass is 330 g/mol. The summed E-state index contributed by atoms with van der Waals surface area (Å²) in [7, 11) is 0. The van der Waals surface area contributed by atoms with Gasteiger partial charge in [0, 0.05) is 4.47 Å². The van der Waals surface area contributed by atoms with Gasteiger partial charge >= 0.3 is 11.9 Å². The molecular formula is C11H8BrClN2O3. The lowest BCUT2D eigenvalue weighted by Crippen LogP contribution is -2.04. The van der Waals surface area contributed by atoms with Gasteiger partial charge in [0.2, 0.25) is 5.89 Å². The van der Waals surface area contributed by atoms with E-state index in [2.05, 4.69) is 26.1 Å². The number of esters is 1. The largest absolute Gasteiger partial charge is 0.459 e. The van der Waals surface area contributed by atoms with E-state index in [1.54, 1.807) is 25.1 Å². The third-order valence-electron chi connectivity index (χ3n) is 2.03. The van der Waals surface area contributed by atoms with Crippen LogP contribution in [0.3, 0.4) is 0 Å². The Morgan fingerprint density at radius 1 is 1.50 bits per heavy atom. The quantitative estimate of drug-likeness (QED) is 0.807. The molecule has 0 bridgehead atoms. The molecule has 0 aliphatic heterocycles. The van der Waals surface area contributed by atoms with Gasteiger partial charge in [0.25, 0.3) is 0 Å². The molecule has 7 heteroatoms. The first-order valence-corrected chi connectivity index (χ1v) is 6.25. The van der Waals surface area contributed by atoms with E-state index in [1.807, 2.05) is 0 Å². The molecule has 1 aromatic heterocycles. The summed E-state index contributed by atoms with van der Waals surface area (Å²) in [5, 5.41) is 7.84. The van der Waals surface area contributed by atoms with Gasteiger partial charge in [0.05, 0.1) is 17.2 Å². The highest BCUT2D eigenvalue weighted by Crippen LogP contribution is 2.29. The van der Waals surface area contributed by atoms with Crippen LogP contribution in [0, 0.1) is 0 Å². The van der Waals surface area contributed by atoms with Crippen molar-refractivity contribution in [2.75, 3.05) is 6.61 Å². The number of ether oxygens (including phenoxy) is 1. The fraction of sp³-hybridized carbons (Fsp3) is 0.182. The van der Waals surface area contributed by atoms with Crippen LogP contribution in [0.5, 0.6) is 0 Å². The summed E-state index contributed by atoms with van der Waals surface area (Å²) < 4.78 is 10.8. The predicted molar refractivity (Wildman–Crippen MR) is 68.4 cm³/mol. The highest BCUT2D eigenvalue weighted by Gasteiger charge is 2.18. The molecule has 5 nitrogen and oxygen atoms in total. The van der Waals surface area contributed by atoms with E-state index in [0.29, 0.717) is 10.6 Å². The van der Waals surface area contributed by atoms with E-state index in [4.69, 9.17) is 20.8 Å². The molecule has 0 N–H and O–H groups in total. The van der Waals surface area contributed by atoms with E-state index in [0.717, 1.165) is 4.47 Å². The third-order valence-corrected chi connectivity index (χ3v) is 2.86. The van der Waals surface area contributed by atoms with Crippen molar-refractivity contribution in [3.63, 3.8) is 0 Å². The predicted octanol–water partition coefficient (Wildman–Crippen LogP) is 3.33. The second kappa shape index (κ2) is 5.49. The molecule has 0 amide bonds. The molecule has 94 valence electrons. The Morgan fingerprint density at radius 3 is 3.00 bits per heavy atom. The summed E-state index contributed by atoms with van der Waals surface area (Å²) in [6.07, 6.45) is 0. The van der Waals surface area contributed by atoms with Gasteiger partial charge in [0.1, 0.15) is 0 Å². The van der Waals surface area contributed by atoms with Crippen molar-refractivity contribution in [1.29, 1.82) is 0 Å². The molecule has 0 fully saturated rings. The van der Waals surface area contributed by atoms with Gasteiger partial charge in [-0.15, -0.1) is 10.2 Å². The number of halogens is 2. The molecule has 2 rings (SSSR count). The molecule has 0 unspecified atom stereocenters. The molecular weight excluding hydrogens is 323 g/mol. The maximum absolute atomic E-state index is 11.4. The Bertz CT molecular complexity index is 585. The van der Waals surface area contributed by atoms with Crippen LogP contribution in [0.1, 0.15) is 17.6 Å². The highest BCUT2D eigenvalue weighted by atomic mass is 79.9. The summed E-state index contributed by atoms with van der Waals surface area (Å²) in [6, 6.07) is 5.20. The number of nitrogens with zero attached hydrogens (tertiary/aromatic N) is 2. The second-order valence-corrected chi connectivity index (χ2v) is 4.58. The lowest BCUT2D eigenvalue weighted by Gasteiger charge is -1.99. The van der Waals surface area contributed by atoms with Crippen LogP contribution in [0.15, 0.2) is 27.1 Å². The lowest BCUT2D eigenvalue weighted by atomic mass is 10.2. The Morgan fingerprint density at radius 2 is 2.28 bits per heavy atom. The van der Waals surface area contributed by atoms with Crippen LogP contribution >= 0.6 is 27.5 Å². The van der Waals surface area contributed by atoms with Crippen molar-refractivity contribution in [3.8, 4) is 11.5 Å². The lowest BCUT2D eigenvalue weighted by molar-refractivity contribution is 0.0481.